The van der Waals surface area contributed by atoms with Gasteiger partial charge in [0.1, 0.15) is 9.90 Å². The smallest absolute Gasteiger partial charge is 0.252 e. The first-order valence-electron chi connectivity index (χ1n) is 8.94. The van der Waals surface area contributed by atoms with Crippen LogP contribution in [0.4, 0.5) is 0 Å². The van der Waals surface area contributed by atoms with E-state index in [4.69, 9.17) is 4.52 Å². The summed E-state index contributed by atoms with van der Waals surface area (Å²) in [7, 11) is -3.67. The van der Waals surface area contributed by atoms with Gasteiger partial charge in [0.05, 0.1) is 10.6 Å². The van der Waals surface area contributed by atoms with Crippen molar-refractivity contribution in [2.75, 3.05) is 13.1 Å². The predicted molar refractivity (Wildman–Crippen MR) is 105 cm³/mol. The van der Waals surface area contributed by atoms with E-state index >= 15 is 0 Å². The second-order valence-electron chi connectivity index (χ2n) is 6.73. The molecule has 4 rings (SSSR count). The number of Topliss-reactive ketones (excluding diaryl/α,β-unsaturated/α-hetero) is 1. The number of piperidine rings is 1. The summed E-state index contributed by atoms with van der Waals surface area (Å²) in [6.07, 6.45) is 2.87. The fraction of sp³-hybridized carbons (Fsp3) is 0.316. The Labute approximate surface area is 167 Å². The van der Waals surface area contributed by atoms with Crippen molar-refractivity contribution in [2.45, 2.75) is 24.0 Å². The van der Waals surface area contributed by atoms with Gasteiger partial charge in [-0.15, -0.1) is 11.3 Å². The molecule has 1 fully saturated rings. The number of hydrogen-bond acceptors (Lipinski definition) is 7. The molecule has 1 saturated heterocycles. The van der Waals surface area contributed by atoms with E-state index in [1.54, 1.807) is 42.6 Å². The second kappa shape index (κ2) is 7.57. The predicted octanol–water partition coefficient (Wildman–Crippen LogP) is 3.39. The first kappa shape index (κ1) is 19.0. The van der Waals surface area contributed by atoms with Gasteiger partial charge in [-0.1, -0.05) is 11.2 Å². The Morgan fingerprint density at radius 2 is 2.14 bits per heavy atom. The van der Waals surface area contributed by atoms with Crippen LogP contribution in [0.15, 0.2) is 51.3 Å². The summed E-state index contributed by atoms with van der Waals surface area (Å²) in [4.78, 5) is 17.5. The lowest BCUT2D eigenvalue weighted by Crippen LogP contribution is -2.42. The molecular weight excluding hydrogens is 398 g/mol. The Kier molecular flexibility index (Phi) is 5.13. The van der Waals surface area contributed by atoms with Gasteiger partial charge in [-0.25, -0.2) is 8.42 Å². The highest BCUT2D eigenvalue weighted by Crippen LogP contribution is 2.34. The monoisotopic (exact) mass is 417 g/mol. The number of aryl methyl sites for hydroxylation is 1. The molecule has 1 atom stereocenters. The number of aromatic nitrogens is 2. The Balaban J connectivity index is 1.54. The molecular formula is C19H19N3O4S2. The van der Waals surface area contributed by atoms with Crippen LogP contribution in [0.25, 0.3) is 10.6 Å². The molecule has 3 aromatic rings. The second-order valence-corrected chi connectivity index (χ2v) is 9.98. The van der Waals surface area contributed by atoms with Crippen molar-refractivity contribution in [1.29, 1.82) is 0 Å². The molecule has 0 spiro atoms. The largest absolute Gasteiger partial charge is 0.355 e. The van der Waals surface area contributed by atoms with Gasteiger partial charge >= 0.3 is 0 Å². The molecule has 3 aromatic heterocycles. The molecule has 4 heterocycles. The van der Waals surface area contributed by atoms with Gasteiger partial charge in [0, 0.05) is 31.3 Å². The number of pyridine rings is 1. The molecule has 9 heteroatoms. The molecule has 28 heavy (non-hydrogen) atoms. The summed E-state index contributed by atoms with van der Waals surface area (Å²) in [5.74, 6) is 0.0603. The summed E-state index contributed by atoms with van der Waals surface area (Å²) in [5, 5.41) is 3.84. The number of carbonyl (C=O) groups excluding carboxylic acids is 1. The van der Waals surface area contributed by atoms with E-state index in [2.05, 4.69) is 10.1 Å². The van der Waals surface area contributed by atoms with Gasteiger partial charge in [0.2, 0.25) is 0 Å². The summed E-state index contributed by atoms with van der Waals surface area (Å²) in [6.45, 7) is 2.39. The zero-order valence-electron chi connectivity index (χ0n) is 15.2. The minimum absolute atomic E-state index is 0.107. The lowest BCUT2D eigenvalue weighted by Gasteiger charge is -2.30. The van der Waals surface area contributed by atoms with Crippen molar-refractivity contribution < 1.29 is 17.7 Å². The first-order valence-corrected chi connectivity index (χ1v) is 11.2. The minimum Gasteiger partial charge on any atom is -0.355 e. The fourth-order valence-corrected chi connectivity index (χ4v) is 6.22. The molecule has 0 N–H and O–H groups in total. The molecule has 146 valence electrons. The average molecular weight is 418 g/mol. The normalized spacial score (nSPS) is 18.2. The Morgan fingerprint density at radius 1 is 1.29 bits per heavy atom. The van der Waals surface area contributed by atoms with Crippen LogP contribution in [0, 0.1) is 12.8 Å². The van der Waals surface area contributed by atoms with E-state index < -0.39 is 10.0 Å². The van der Waals surface area contributed by atoms with Crippen molar-refractivity contribution in [3.8, 4) is 10.6 Å². The zero-order chi connectivity index (χ0) is 19.7. The van der Waals surface area contributed by atoms with Crippen LogP contribution in [-0.2, 0) is 10.0 Å². The van der Waals surface area contributed by atoms with E-state index in [0.717, 1.165) is 17.0 Å². The highest BCUT2D eigenvalue weighted by Gasteiger charge is 2.34. The standard InChI is InChI=1S/C19H19N3O4S2/c1-13-11-16(26-21-13)17-7-8-18(27-17)28(24,25)22-10-4-5-14(12-22)19(23)15-6-2-3-9-20-15/h2-3,6-9,11,14H,4-5,10,12H2,1H3. The molecule has 0 amide bonds. The van der Waals surface area contributed by atoms with E-state index in [0.29, 0.717) is 35.7 Å². The summed E-state index contributed by atoms with van der Waals surface area (Å²) in [5.41, 5.74) is 1.12. The lowest BCUT2D eigenvalue weighted by molar-refractivity contribution is 0.0867. The maximum Gasteiger partial charge on any atom is 0.252 e. The zero-order valence-corrected chi connectivity index (χ0v) is 16.9. The molecule has 1 unspecified atom stereocenters. The Morgan fingerprint density at radius 3 is 2.86 bits per heavy atom. The van der Waals surface area contributed by atoms with Crippen LogP contribution in [0.2, 0.25) is 0 Å². The SMILES string of the molecule is Cc1cc(-c2ccc(S(=O)(=O)N3CCCC(C(=O)c4ccccn4)C3)s2)on1. The third-order valence-corrected chi connectivity index (χ3v) is 8.15. The summed E-state index contributed by atoms with van der Waals surface area (Å²) in [6, 6.07) is 10.2. The van der Waals surface area contributed by atoms with Crippen molar-refractivity contribution in [3.05, 3.63) is 54.0 Å². The molecule has 1 aliphatic heterocycles. The van der Waals surface area contributed by atoms with Gasteiger partial charge in [0.15, 0.2) is 11.5 Å². The van der Waals surface area contributed by atoms with Gasteiger partial charge in [0.25, 0.3) is 10.0 Å². The van der Waals surface area contributed by atoms with Gasteiger partial charge in [-0.2, -0.15) is 4.31 Å². The lowest BCUT2D eigenvalue weighted by atomic mass is 9.93. The highest BCUT2D eigenvalue weighted by atomic mass is 32.2. The van der Waals surface area contributed by atoms with Crippen LogP contribution >= 0.6 is 11.3 Å². The van der Waals surface area contributed by atoms with Crippen molar-refractivity contribution >= 4 is 27.1 Å². The average Bonchev–Trinajstić information content (AvgIpc) is 3.37. The number of rotatable bonds is 5. The Hall–Kier alpha value is -2.36. The fourth-order valence-electron chi connectivity index (χ4n) is 3.29. The van der Waals surface area contributed by atoms with E-state index in [1.165, 1.54) is 4.31 Å². The molecule has 0 bridgehead atoms. The number of thiophene rings is 1. The maximum atomic E-state index is 13.1. The first-order chi connectivity index (χ1) is 13.4. The number of carbonyl (C=O) groups is 1. The number of ketones is 1. The molecule has 0 saturated carbocycles. The van der Waals surface area contributed by atoms with E-state index in [1.807, 2.05) is 6.92 Å². The van der Waals surface area contributed by atoms with Gasteiger partial charge in [-0.3, -0.25) is 9.78 Å². The van der Waals surface area contributed by atoms with Crippen LogP contribution < -0.4 is 0 Å². The third-order valence-electron chi connectivity index (χ3n) is 4.72. The topological polar surface area (TPSA) is 93.4 Å². The summed E-state index contributed by atoms with van der Waals surface area (Å²) < 4.78 is 33.1. The van der Waals surface area contributed by atoms with E-state index in [9.17, 15) is 13.2 Å². The van der Waals surface area contributed by atoms with Crippen molar-refractivity contribution in [1.82, 2.24) is 14.4 Å². The molecule has 7 nitrogen and oxygen atoms in total. The van der Waals surface area contributed by atoms with Crippen molar-refractivity contribution in [3.63, 3.8) is 0 Å². The van der Waals surface area contributed by atoms with Crippen LogP contribution in [0.3, 0.4) is 0 Å². The number of nitrogens with zero attached hydrogens (tertiary/aromatic N) is 3. The van der Waals surface area contributed by atoms with Crippen LogP contribution in [0.1, 0.15) is 29.0 Å². The van der Waals surface area contributed by atoms with E-state index in [-0.39, 0.29) is 22.5 Å². The van der Waals surface area contributed by atoms with Gasteiger partial charge < -0.3 is 4.52 Å². The quantitative estimate of drug-likeness (QED) is 0.591. The number of hydrogen-bond donors (Lipinski definition) is 0. The van der Waals surface area contributed by atoms with Gasteiger partial charge in [-0.05, 0) is 44.0 Å². The number of sulfonamides is 1. The summed E-state index contributed by atoms with van der Waals surface area (Å²) >= 11 is 1.15. The third kappa shape index (κ3) is 3.65. The van der Waals surface area contributed by atoms with Crippen LogP contribution in [0.5, 0.6) is 0 Å². The molecule has 0 aromatic carbocycles. The van der Waals surface area contributed by atoms with Crippen molar-refractivity contribution in [2.24, 2.45) is 5.92 Å². The maximum absolute atomic E-state index is 13.1. The highest BCUT2D eigenvalue weighted by molar-refractivity contribution is 7.91. The molecule has 1 aliphatic rings. The van der Waals surface area contributed by atoms with Crippen LogP contribution in [-0.4, -0.2) is 41.7 Å². The minimum atomic E-state index is -3.67. The molecule has 0 radical (unpaired) electrons. The Bertz CT molecular complexity index is 1090. The molecule has 0 aliphatic carbocycles.